The van der Waals surface area contributed by atoms with Crippen LogP contribution in [0.5, 0.6) is 5.75 Å². The molecular weight excluding hydrogens is 263 g/mol. The summed E-state index contributed by atoms with van der Waals surface area (Å²) in [6.45, 7) is -0.145. The molecule has 1 rings (SSSR count). The number of sulfone groups is 1. The lowest BCUT2D eigenvalue weighted by Gasteiger charge is -2.10. The minimum Gasteiger partial charge on any atom is -0.492 e. The maximum absolute atomic E-state index is 13.5. The molecule has 1 aromatic carbocycles. The molecule has 1 aromatic rings. The maximum atomic E-state index is 13.5. The molecular formula is C10H13FN2O4S. The van der Waals surface area contributed by atoms with Crippen molar-refractivity contribution in [2.24, 2.45) is 10.9 Å². The Kier molecular flexibility index (Phi) is 4.49. The van der Waals surface area contributed by atoms with Gasteiger partial charge < -0.3 is 15.7 Å². The second-order valence-electron chi connectivity index (χ2n) is 3.58. The standard InChI is InChI=1S/C10H13FN2O4S/c1-18(15,16)6-5-17-8-4-2-3-7(11)9(8)10(12)13-14/h2-4,14H,5-6H2,1H3,(H2,12,13). The molecule has 0 saturated heterocycles. The molecule has 6 nitrogen and oxygen atoms in total. The average Bonchev–Trinajstić information content (AvgIpc) is 2.26. The van der Waals surface area contributed by atoms with Gasteiger partial charge in [-0.15, -0.1) is 0 Å². The van der Waals surface area contributed by atoms with Gasteiger partial charge in [0.05, 0.1) is 11.3 Å². The predicted molar refractivity (Wildman–Crippen MR) is 64.1 cm³/mol. The van der Waals surface area contributed by atoms with Crippen molar-refractivity contribution in [2.45, 2.75) is 0 Å². The van der Waals surface area contributed by atoms with E-state index < -0.39 is 21.5 Å². The molecule has 3 N–H and O–H groups in total. The molecule has 0 aromatic heterocycles. The van der Waals surface area contributed by atoms with E-state index in [-0.39, 0.29) is 23.7 Å². The number of hydrogen-bond donors (Lipinski definition) is 2. The van der Waals surface area contributed by atoms with Crippen molar-refractivity contribution in [2.75, 3.05) is 18.6 Å². The summed E-state index contributed by atoms with van der Waals surface area (Å²) in [5.41, 5.74) is 5.11. The minimum absolute atomic E-state index is 0.0222. The van der Waals surface area contributed by atoms with Crippen molar-refractivity contribution in [1.29, 1.82) is 0 Å². The lowest BCUT2D eigenvalue weighted by Crippen LogP contribution is -2.18. The van der Waals surface area contributed by atoms with Gasteiger partial charge in [-0.1, -0.05) is 11.2 Å². The number of hydrogen-bond acceptors (Lipinski definition) is 5. The van der Waals surface area contributed by atoms with E-state index in [1.165, 1.54) is 12.1 Å². The molecule has 0 fully saturated rings. The van der Waals surface area contributed by atoms with Gasteiger partial charge >= 0.3 is 0 Å². The molecule has 0 heterocycles. The fraction of sp³-hybridized carbons (Fsp3) is 0.300. The van der Waals surface area contributed by atoms with Gasteiger partial charge in [-0.2, -0.15) is 0 Å². The Balaban J connectivity index is 2.93. The van der Waals surface area contributed by atoms with E-state index in [2.05, 4.69) is 5.16 Å². The van der Waals surface area contributed by atoms with Crippen LogP contribution < -0.4 is 10.5 Å². The molecule has 0 atom stereocenters. The average molecular weight is 276 g/mol. The highest BCUT2D eigenvalue weighted by atomic mass is 32.2. The number of nitrogens with zero attached hydrogens (tertiary/aromatic N) is 1. The second kappa shape index (κ2) is 5.67. The summed E-state index contributed by atoms with van der Waals surface area (Å²) >= 11 is 0. The minimum atomic E-state index is -3.17. The van der Waals surface area contributed by atoms with Gasteiger partial charge in [-0.05, 0) is 12.1 Å². The summed E-state index contributed by atoms with van der Waals surface area (Å²) in [4.78, 5) is 0. The van der Waals surface area contributed by atoms with Crippen molar-refractivity contribution in [3.8, 4) is 5.75 Å². The fourth-order valence-electron chi connectivity index (χ4n) is 1.23. The van der Waals surface area contributed by atoms with Crippen molar-refractivity contribution in [1.82, 2.24) is 0 Å². The third-order valence-electron chi connectivity index (χ3n) is 2.05. The number of nitrogens with two attached hydrogens (primary N) is 1. The normalized spacial score (nSPS) is 12.4. The van der Waals surface area contributed by atoms with Gasteiger partial charge in [-0.25, -0.2) is 12.8 Å². The lowest BCUT2D eigenvalue weighted by atomic mass is 10.1. The van der Waals surface area contributed by atoms with Gasteiger partial charge in [0.2, 0.25) is 0 Å². The largest absolute Gasteiger partial charge is 0.492 e. The predicted octanol–water partition coefficient (Wildman–Crippen LogP) is 0.344. The number of oxime groups is 1. The van der Waals surface area contributed by atoms with Crippen LogP contribution in [0.15, 0.2) is 23.4 Å². The monoisotopic (exact) mass is 276 g/mol. The molecule has 0 spiro atoms. The van der Waals surface area contributed by atoms with Crippen LogP contribution in [0.1, 0.15) is 5.56 Å². The Morgan fingerprint density at radius 2 is 2.22 bits per heavy atom. The fourth-order valence-corrected chi connectivity index (χ4v) is 1.61. The molecule has 18 heavy (non-hydrogen) atoms. The SMILES string of the molecule is CS(=O)(=O)CCOc1cccc(F)c1/C(N)=N/O. The smallest absolute Gasteiger partial charge is 0.176 e. The van der Waals surface area contributed by atoms with Gasteiger partial charge in [0, 0.05) is 6.26 Å². The molecule has 0 aliphatic carbocycles. The van der Waals surface area contributed by atoms with Crippen LogP contribution in [0.3, 0.4) is 0 Å². The summed E-state index contributed by atoms with van der Waals surface area (Å²) in [5, 5.41) is 11.2. The van der Waals surface area contributed by atoms with E-state index >= 15 is 0 Å². The van der Waals surface area contributed by atoms with Crippen molar-refractivity contribution < 1.29 is 22.8 Å². The highest BCUT2D eigenvalue weighted by molar-refractivity contribution is 7.90. The summed E-state index contributed by atoms with van der Waals surface area (Å²) in [6, 6.07) is 3.90. The highest BCUT2D eigenvalue weighted by Gasteiger charge is 2.14. The Hall–Kier alpha value is -1.83. The van der Waals surface area contributed by atoms with Crippen LogP contribution in [0, 0.1) is 5.82 Å². The molecule has 8 heteroatoms. The van der Waals surface area contributed by atoms with Crippen molar-refractivity contribution >= 4 is 15.7 Å². The zero-order valence-electron chi connectivity index (χ0n) is 9.63. The molecule has 100 valence electrons. The maximum Gasteiger partial charge on any atom is 0.176 e. The third kappa shape index (κ3) is 3.88. The topological polar surface area (TPSA) is 102 Å². The molecule has 0 aliphatic rings. The lowest BCUT2D eigenvalue weighted by molar-refractivity contribution is 0.316. The van der Waals surface area contributed by atoms with E-state index in [4.69, 9.17) is 15.7 Å². The zero-order valence-corrected chi connectivity index (χ0v) is 10.4. The summed E-state index contributed by atoms with van der Waals surface area (Å²) in [6.07, 6.45) is 1.06. The van der Waals surface area contributed by atoms with Crippen LogP contribution in [-0.4, -0.2) is 38.1 Å². The van der Waals surface area contributed by atoms with E-state index in [1.54, 1.807) is 0 Å². The third-order valence-corrected chi connectivity index (χ3v) is 2.96. The Bertz CT molecular complexity index is 557. The van der Waals surface area contributed by atoms with Gasteiger partial charge in [0.15, 0.2) is 15.7 Å². The molecule has 0 saturated carbocycles. The molecule has 0 bridgehead atoms. The first-order valence-corrected chi connectivity index (χ1v) is 6.98. The summed E-state index contributed by atoms with van der Waals surface area (Å²) in [5.74, 6) is -1.35. The second-order valence-corrected chi connectivity index (χ2v) is 5.84. The first kappa shape index (κ1) is 14.2. The molecule has 0 amide bonds. The van der Waals surface area contributed by atoms with E-state index in [1.807, 2.05) is 0 Å². The van der Waals surface area contributed by atoms with Crippen LogP contribution >= 0.6 is 0 Å². The van der Waals surface area contributed by atoms with Crippen molar-refractivity contribution in [3.05, 3.63) is 29.6 Å². The van der Waals surface area contributed by atoms with Gasteiger partial charge in [0.25, 0.3) is 0 Å². The molecule has 0 unspecified atom stereocenters. The Morgan fingerprint density at radius 3 is 2.78 bits per heavy atom. The quantitative estimate of drug-likeness (QED) is 0.349. The number of ether oxygens (including phenoxy) is 1. The number of amidine groups is 1. The Labute approximate surface area is 104 Å². The summed E-state index contributed by atoms with van der Waals surface area (Å²) < 4.78 is 40.4. The van der Waals surface area contributed by atoms with Crippen LogP contribution in [0.4, 0.5) is 4.39 Å². The Morgan fingerprint density at radius 1 is 1.56 bits per heavy atom. The molecule has 0 aliphatic heterocycles. The highest BCUT2D eigenvalue weighted by Crippen LogP contribution is 2.21. The van der Waals surface area contributed by atoms with E-state index in [9.17, 15) is 12.8 Å². The number of rotatable bonds is 5. The van der Waals surface area contributed by atoms with Crippen LogP contribution in [0.2, 0.25) is 0 Å². The first-order chi connectivity index (χ1) is 8.35. The first-order valence-electron chi connectivity index (χ1n) is 4.92. The van der Waals surface area contributed by atoms with Crippen LogP contribution in [-0.2, 0) is 9.84 Å². The van der Waals surface area contributed by atoms with E-state index in [0.29, 0.717) is 0 Å². The summed E-state index contributed by atoms with van der Waals surface area (Å²) in [7, 11) is -3.17. The molecule has 0 radical (unpaired) electrons. The number of halogens is 1. The van der Waals surface area contributed by atoms with Crippen molar-refractivity contribution in [3.63, 3.8) is 0 Å². The van der Waals surface area contributed by atoms with Gasteiger partial charge in [-0.3, -0.25) is 0 Å². The van der Waals surface area contributed by atoms with Crippen LogP contribution in [0.25, 0.3) is 0 Å². The van der Waals surface area contributed by atoms with Gasteiger partial charge in [0.1, 0.15) is 18.2 Å². The van der Waals surface area contributed by atoms with E-state index in [0.717, 1.165) is 12.3 Å². The zero-order chi connectivity index (χ0) is 13.8. The number of benzene rings is 1.